The highest BCUT2D eigenvalue weighted by Crippen LogP contribution is 2.13. The largest absolute Gasteiger partial charge is 0.361 e. The summed E-state index contributed by atoms with van der Waals surface area (Å²) in [4.78, 5) is 14.0. The van der Waals surface area contributed by atoms with Gasteiger partial charge in [0.15, 0.2) is 11.5 Å². The van der Waals surface area contributed by atoms with Crippen molar-refractivity contribution in [2.75, 3.05) is 24.3 Å². The lowest BCUT2D eigenvalue weighted by Gasteiger charge is -2.10. The van der Waals surface area contributed by atoms with E-state index in [1.54, 1.807) is 12.1 Å². The maximum absolute atomic E-state index is 12.2. The van der Waals surface area contributed by atoms with E-state index in [9.17, 15) is 4.79 Å². The zero-order chi connectivity index (χ0) is 16.7. The van der Waals surface area contributed by atoms with Gasteiger partial charge in [0.25, 0.3) is 5.91 Å². The molecule has 0 unspecified atom stereocenters. The lowest BCUT2D eigenvalue weighted by Crippen LogP contribution is -2.16. The lowest BCUT2D eigenvalue weighted by atomic mass is 10.1. The number of nitrogens with zero attached hydrogens (tertiary/aromatic N) is 3. The maximum Gasteiger partial charge on any atom is 0.276 e. The van der Waals surface area contributed by atoms with Crippen LogP contribution in [-0.2, 0) is 6.42 Å². The lowest BCUT2D eigenvalue weighted by molar-refractivity contribution is 0.102. The fraction of sp³-hybridized carbons (Fsp3) is 0.389. The minimum absolute atomic E-state index is 0.249. The van der Waals surface area contributed by atoms with Crippen molar-refractivity contribution in [2.45, 2.75) is 32.6 Å². The Morgan fingerprint density at radius 1 is 1.04 bits per heavy atom. The molecule has 5 heteroatoms. The van der Waals surface area contributed by atoms with Gasteiger partial charge in [-0.05, 0) is 42.7 Å². The van der Waals surface area contributed by atoms with Gasteiger partial charge in [-0.3, -0.25) is 4.79 Å². The van der Waals surface area contributed by atoms with Crippen LogP contribution >= 0.6 is 0 Å². The molecule has 0 bridgehead atoms. The molecule has 5 nitrogen and oxygen atoms in total. The van der Waals surface area contributed by atoms with Crippen LogP contribution in [0.15, 0.2) is 36.4 Å². The molecule has 0 aliphatic rings. The van der Waals surface area contributed by atoms with Crippen molar-refractivity contribution in [1.29, 1.82) is 0 Å². The summed E-state index contributed by atoms with van der Waals surface area (Å²) in [7, 11) is 3.76. The molecule has 0 aliphatic carbocycles. The first-order valence-corrected chi connectivity index (χ1v) is 8.01. The van der Waals surface area contributed by atoms with Crippen molar-refractivity contribution in [3.8, 4) is 0 Å². The summed E-state index contributed by atoms with van der Waals surface area (Å²) in [5.74, 6) is 0.472. The molecule has 0 saturated carbocycles. The molecule has 122 valence electrons. The molecule has 1 aromatic carbocycles. The van der Waals surface area contributed by atoms with Crippen LogP contribution < -0.4 is 10.2 Å². The summed E-state index contributed by atoms with van der Waals surface area (Å²) < 4.78 is 0. The van der Waals surface area contributed by atoms with Crippen LogP contribution in [0.25, 0.3) is 0 Å². The first-order valence-electron chi connectivity index (χ1n) is 8.01. The van der Waals surface area contributed by atoms with Crippen molar-refractivity contribution in [2.24, 2.45) is 0 Å². The third kappa shape index (κ3) is 5.06. The van der Waals surface area contributed by atoms with E-state index in [4.69, 9.17) is 0 Å². The molecule has 1 aromatic heterocycles. The highest BCUT2D eigenvalue weighted by Gasteiger charge is 2.09. The number of rotatable bonds is 7. The van der Waals surface area contributed by atoms with Crippen LogP contribution in [0, 0.1) is 0 Å². The Morgan fingerprint density at radius 2 is 1.78 bits per heavy atom. The molecule has 1 amide bonds. The molecule has 23 heavy (non-hydrogen) atoms. The average Bonchev–Trinajstić information content (AvgIpc) is 2.56. The molecular formula is C18H24N4O. The predicted molar refractivity (Wildman–Crippen MR) is 94.0 cm³/mol. The van der Waals surface area contributed by atoms with Crippen LogP contribution in [-0.4, -0.2) is 30.2 Å². The Kier molecular flexibility index (Phi) is 6.09. The van der Waals surface area contributed by atoms with E-state index in [2.05, 4.69) is 34.6 Å². The van der Waals surface area contributed by atoms with Crippen LogP contribution in [0.1, 0.15) is 42.2 Å². The summed E-state index contributed by atoms with van der Waals surface area (Å²) in [6.07, 6.45) is 4.76. The van der Waals surface area contributed by atoms with Gasteiger partial charge >= 0.3 is 0 Å². The molecule has 0 fully saturated rings. The maximum atomic E-state index is 12.2. The number of anilines is 2. The van der Waals surface area contributed by atoms with Gasteiger partial charge in [0.2, 0.25) is 0 Å². The SMILES string of the molecule is CCCCCc1ccc(NC(=O)c2ccc(N(C)C)nn2)cc1. The second kappa shape index (κ2) is 8.27. The summed E-state index contributed by atoms with van der Waals surface area (Å²) in [5, 5.41) is 10.8. The minimum Gasteiger partial charge on any atom is -0.361 e. The molecule has 1 N–H and O–H groups in total. The van der Waals surface area contributed by atoms with Crippen molar-refractivity contribution >= 4 is 17.4 Å². The van der Waals surface area contributed by atoms with Gasteiger partial charge < -0.3 is 10.2 Å². The van der Waals surface area contributed by atoms with Gasteiger partial charge in [-0.15, -0.1) is 10.2 Å². The monoisotopic (exact) mass is 312 g/mol. The quantitative estimate of drug-likeness (QED) is 0.795. The number of carbonyl (C=O) groups excluding carboxylic acids is 1. The third-order valence-corrected chi connectivity index (χ3v) is 3.62. The van der Waals surface area contributed by atoms with E-state index in [0.717, 1.165) is 17.9 Å². The van der Waals surface area contributed by atoms with Gasteiger partial charge in [-0.2, -0.15) is 0 Å². The van der Waals surface area contributed by atoms with Crippen molar-refractivity contribution < 1.29 is 4.79 Å². The number of amides is 1. The predicted octanol–water partition coefficient (Wildman–Crippen LogP) is 3.53. The fourth-order valence-corrected chi connectivity index (χ4v) is 2.21. The van der Waals surface area contributed by atoms with E-state index in [0.29, 0.717) is 5.69 Å². The van der Waals surface area contributed by atoms with Gasteiger partial charge in [0.1, 0.15) is 0 Å². The molecule has 0 saturated heterocycles. The van der Waals surface area contributed by atoms with E-state index >= 15 is 0 Å². The molecule has 2 aromatic rings. The Labute approximate surface area is 137 Å². The van der Waals surface area contributed by atoms with E-state index in [1.165, 1.54) is 24.8 Å². The number of aryl methyl sites for hydroxylation is 1. The standard InChI is InChI=1S/C18H24N4O/c1-4-5-6-7-14-8-10-15(11-9-14)19-18(23)16-12-13-17(21-20-16)22(2)3/h8-13H,4-7H2,1-3H3,(H,19,23). The minimum atomic E-state index is -0.249. The van der Waals surface area contributed by atoms with Gasteiger partial charge in [-0.1, -0.05) is 31.9 Å². The Bertz CT molecular complexity index is 620. The number of aromatic nitrogens is 2. The highest BCUT2D eigenvalue weighted by molar-refractivity contribution is 6.02. The highest BCUT2D eigenvalue weighted by atomic mass is 16.1. The number of benzene rings is 1. The Hall–Kier alpha value is -2.43. The fourth-order valence-electron chi connectivity index (χ4n) is 2.21. The average molecular weight is 312 g/mol. The van der Waals surface area contributed by atoms with Crippen LogP contribution in [0.4, 0.5) is 11.5 Å². The number of hydrogen-bond acceptors (Lipinski definition) is 4. The van der Waals surface area contributed by atoms with Gasteiger partial charge in [0.05, 0.1) is 0 Å². The smallest absolute Gasteiger partial charge is 0.276 e. The van der Waals surface area contributed by atoms with Crippen molar-refractivity contribution in [3.63, 3.8) is 0 Å². The molecule has 0 aliphatic heterocycles. The number of unbranched alkanes of at least 4 members (excludes halogenated alkanes) is 2. The molecule has 2 rings (SSSR count). The van der Waals surface area contributed by atoms with Crippen molar-refractivity contribution in [1.82, 2.24) is 10.2 Å². The van der Waals surface area contributed by atoms with E-state index in [1.807, 2.05) is 31.1 Å². The zero-order valence-corrected chi connectivity index (χ0v) is 14.0. The molecular weight excluding hydrogens is 288 g/mol. The topological polar surface area (TPSA) is 58.1 Å². The van der Waals surface area contributed by atoms with E-state index in [-0.39, 0.29) is 5.91 Å². The van der Waals surface area contributed by atoms with Crippen LogP contribution in [0.3, 0.4) is 0 Å². The summed E-state index contributed by atoms with van der Waals surface area (Å²) in [6, 6.07) is 11.4. The molecule has 0 radical (unpaired) electrons. The number of hydrogen-bond donors (Lipinski definition) is 1. The molecule has 0 spiro atoms. The first kappa shape index (κ1) is 16.9. The third-order valence-electron chi connectivity index (χ3n) is 3.62. The summed E-state index contributed by atoms with van der Waals surface area (Å²) in [5.41, 5.74) is 2.38. The number of carbonyl (C=O) groups is 1. The summed E-state index contributed by atoms with van der Waals surface area (Å²) in [6.45, 7) is 2.20. The van der Waals surface area contributed by atoms with Crippen LogP contribution in [0.2, 0.25) is 0 Å². The van der Waals surface area contributed by atoms with Crippen molar-refractivity contribution in [3.05, 3.63) is 47.7 Å². The number of nitrogens with one attached hydrogen (secondary N) is 1. The second-order valence-corrected chi connectivity index (χ2v) is 5.78. The zero-order valence-electron chi connectivity index (χ0n) is 14.0. The normalized spacial score (nSPS) is 10.4. The van der Waals surface area contributed by atoms with Gasteiger partial charge in [-0.25, -0.2) is 0 Å². The molecule has 1 heterocycles. The second-order valence-electron chi connectivity index (χ2n) is 5.78. The molecule has 0 atom stereocenters. The Balaban J connectivity index is 1.94. The van der Waals surface area contributed by atoms with Crippen LogP contribution in [0.5, 0.6) is 0 Å². The first-order chi connectivity index (χ1) is 11.1. The summed E-state index contributed by atoms with van der Waals surface area (Å²) >= 11 is 0. The van der Waals surface area contributed by atoms with Gasteiger partial charge in [0, 0.05) is 19.8 Å². The Morgan fingerprint density at radius 3 is 2.35 bits per heavy atom. The van der Waals surface area contributed by atoms with E-state index < -0.39 is 0 Å².